The Hall–Kier alpha value is -2.95. The van der Waals surface area contributed by atoms with E-state index in [0.29, 0.717) is 5.69 Å². The molecule has 2 aromatic carbocycles. The van der Waals surface area contributed by atoms with Crippen molar-refractivity contribution in [3.8, 4) is 0 Å². The minimum atomic E-state index is -0.385. The lowest BCUT2D eigenvalue weighted by molar-refractivity contribution is 0.0988. The van der Waals surface area contributed by atoms with Crippen LogP contribution in [-0.4, -0.2) is 16.1 Å². The number of rotatable bonds is 2. The molecule has 4 nitrogen and oxygen atoms in total. The van der Waals surface area contributed by atoms with Crippen molar-refractivity contribution in [1.82, 2.24) is 10.2 Å². The molecule has 1 aliphatic heterocycles. The first-order chi connectivity index (χ1) is 11.6. The maximum Gasteiger partial charge on any atom is 0.279 e. The number of carbonyl (C=O) groups is 1. The van der Waals surface area contributed by atoms with Crippen LogP contribution in [0.3, 0.4) is 0 Å². The number of hydrogen-bond acceptors (Lipinski definition) is 2. The number of carbonyl (C=O) groups excluding carboxylic acids is 1. The van der Waals surface area contributed by atoms with E-state index in [1.54, 1.807) is 11.0 Å². The highest BCUT2D eigenvalue weighted by Gasteiger charge is 2.42. The summed E-state index contributed by atoms with van der Waals surface area (Å²) in [5.74, 6) is -0.495. The second-order valence-electron chi connectivity index (χ2n) is 6.08. The van der Waals surface area contributed by atoms with Crippen molar-refractivity contribution < 1.29 is 9.18 Å². The van der Waals surface area contributed by atoms with Gasteiger partial charge in [0.1, 0.15) is 5.82 Å². The van der Waals surface area contributed by atoms with Crippen LogP contribution in [-0.2, 0) is 0 Å². The monoisotopic (exact) mass is 321 g/mol. The summed E-state index contributed by atoms with van der Waals surface area (Å²) in [4.78, 5) is 14.6. The molecule has 0 fully saturated rings. The second-order valence-corrected chi connectivity index (χ2v) is 6.08. The Bertz CT molecular complexity index is 930. The summed E-state index contributed by atoms with van der Waals surface area (Å²) in [6.45, 7) is 3.87. The van der Waals surface area contributed by atoms with E-state index in [4.69, 9.17) is 0 Å². The molecule has 1 atom stereocenters. The zero-order valence-corrected chi connectivity index (χ0v) is 13.4. The summed E-state index contributed by atoms with van der Waals surface area (Å²) in [7, 11) is 0. The van der Waals surface area contributed by atoms with E-state index in [9.17, 15) is 9.18 Å². The summed E-state index contributed by atoms with van der Waals surface area (Å²) in [5, 5.41) is 7.03. The van der Waals surface area contributed by atoms with Gasteiger partial charge in [-0.25, -0.2) is 4.39 Å². The molecule has 120 valence electrons. The average Bonchev–Trinajstić information content (AvgIpc) is 3.07. The third-order valence-electron chi connectivity index (χ3n) is 4.42. The Kier molecular flexibility index (Phi) is 3.23. The quantitative estimate of drug-likeness (QED) is 0.778. The topological polar surface area (TPSA) is 49.0 Å². The van der Waals surface area contributed by atoms with Crippen molar-refractivity contribution in [2.75, 3.05) is 4.90 Å². The Morgan fingerprint density at radius 2 is 1.88 bits per heavy atom. The molecule has 1 N–H and O–H groups in total. The number of aromatic nitrogens is 2. The number of benzene rings is 2. The number of halogens is 1. The molecule has 1 aromatic heterocycles. The van der Waals surface area contributed by atoms with E-state index in [1.165, 1.54) is 12.1 Å². The van der Waals surface area contributed by atoms with Crippen LogP contribution < -0.4 is 4.90 Å². The molecule has 0 spiro atoms. The van der Waals surface area contributed by atoms with Gasteiger partial charge in [-0.15, -0.1) is 0 Å². The Labute approximate surface area is 138 Å². The summed E-state index contributed by atoms with van der Waals surface area (Å²) < 4.78 is 13.8. The van der Waals surface area contributed by atoms with Gasteiger partial charge < -0.3 is 0 Å². The summed E-state index contributed by atoms with van der Waals surface area (Å²) >= 11 is 0. The summed E-state index contributed by atoms with van der Waals surface area (Å²) in [6.07, 6.45) is 0. The first-order valence-electron chi connectivity index (χ1n) is 7.77. The molecule has 0 saturated heterocycles. The highest BCUT2D eigenvalue weighted by Crippen LogP contribution is 2.42. The van der Waals surface area contributed by atoms with E-state index in [1.807, 2.05) is 44.2 Å². The van der Waals surface area contributed by atoms with E-state index in [-0.39, 0.29) is 17.8 Å². The number of amides is 1. The molecule has 1 aliphatic rings. The van der Waals surface area contributed by atoms with Crippen LogP contribution in [0.25, 0.3) is 0 Å². The predicted octanol–water partition coefficient (Wildman–Crippen LogP) is 3.92. The summed E-state index contributed by atoms with van der Waals surface area (Å²) in [5.41, 5.74) is 4.66. The number of anilines is 1. The fourth-order valence-corrected chi connectivity index (χ4v) is 3.26. The third kappa shape index (κ3) is 2.12. The van der Waals surface area contributed by atoms with Crippen molar-refractivity contribution in [1.29, 1.82) is 0 Å². The third-order valence-corrected chi connectivity index (χ3v) is 4.42. The molecule has 24 heavy (non-hydrogen) atoms. The van der Waals surface area contributed by atoms with E-state index in [2.05, 4.69) is 10.2 Å². The molecular formula is C19H16FN3O. The molecule has 1 amide bonds. The van der Waals surface area contributed by atoms with Gasteiger partial charge >= 0.3 is 0 Å². The maximum absolute atomic E-state index is 13.8. The Morgan fingerprint density at radius 3 is 2.58 bits per heavy atom. The fraction of sp³-hybridized carbons (Fsp3) is 0.158. The molecule has 0 saturated carbocycles. The average molecular weight is 321 g/mol. The van der Waals surface area contributed by atoms with Crippen molar-refractivity contribution in [2.45, 2.75) is 19.9 Å². The first kappa shape index (κ1) is 14.6. The van der Waals surface area contributed by atoms with Crippen molar-refractivity contribution in [3.05, 3.63) is 82.4 Å². The number of fused-ring (bicyclic) bond motifs is 1. The lowest BCUT2D eigenvalue weighted by atomic mass is 9.98. The Morgan fingerprint density at radius 1 is 1.12 bits per heavy atom. The van der Waals surface area contributed by atoms with Crippen LogP contribution >= 0.6 is 0 Å². The number of H-pyrrole nitrogens is 1. The lowest BCUT2D eigenvalue weighted by Gasteiger charge is -2.26. The molecule has 0 aliphatic carbocycles. The Balaban J connectivity index is 1.91. The molecular weight excluding hydrogens is 305 g/mol. The predicted molar refractivity (Wildman–Crippen MR) is 89.6 cm³/mol. The largest absolute Gasteiger partial charge is 0.295 e. The highest BCUT2D eigenvalue weighted by atomic mass is 19.1. The minimum Gasteiger partial charge on any atom is -0.295 e. The molecule has 4 rings (SSSR count). The summed E-state index contributed by atoms with van der Waals surface area (Å²) in [6, 6.07) is 13.7. The van der Waals surface area contributed by atoms with Crippen molar-refractivity contribution in [2.24, 2.45) is 0 Å². The number of aromatic amines is 1. The first-order valence-corrected chi connectivity index (χ1v) is 7.77. The number of aryl methyl sites for hydroxylation is 2. The van der Waals surface area contributed by atoms with Gasteiger partial charge in [-0.1, -0.05) is 29.8 Å². The van der Waals surface area contributed by atoms with Crippen LogP contribution in [0.2, 0.25) is 0 Å². The van der Waals surface area contributed by atoms with Crippen LogP contribution in [0, 0.1) is 19.7 Å². The second kappa shape index (κ2) is 5.30. The number of hydrogen-bond donors (Lipinski definition) is 1. The van der Waals surface area contributed by atoms with Gasteiger partial charge in [0, 0.05) is 16.9 Å². The zero-order valence-electron chi connectivity index (χ0n) is 13.4. The van der Waals surface area contributed by atoms with Gasteiger partial charge in [0.25, 0.3) is 5.91 Å². The fourth-order valence-electron chi connectivity index (χ4n) is 3.26. The van der Waals surface area contributed by atoms with Crippen LogP contribution in [0.5, 0.6) is 0 Å². The molecule has 0 radical (unpaired) electrons. The van der Waals surface area contributed by atoms with E-state index < -0.39 is 0 Å². The zero-order chi connectivity index (χ0) is 16.8. The van der Waals surface area contributed by atoms with E-state index in [0.717, 1.165) is 28.1 Å². The highest BCUT2D eigenvalue weighted by molar-refractivity contribution is 6.10. The van der Waals surface area contributed by atoms with Crippen LogP contribution in [0.4, 0.5) is 10.1 Å². The SMILES string of the molecule is Cc1ccc(N2C(=O)c3n[nH]c(C)c3[C@@H]2c2cccc(F)c2)cc1. The standard InChI is InChI=1S/C19H16FN3O/c1-11-6-8-15(9-7-11)23-18(13-4-3-5-14(20)10-13)16-12(2)21-22-17(16)19(23)24/h3-10,18H,1-2H3,(H,21,22)/t18-/m0/s1. The lowest BCUT2D eigenvalue weighted by Crippen LogP contribution is -2.29. The van der Waals surface area contributed by atoms with Gasteiger partial charge in [-0.2, -0.15) is 5.10 Å². The molecule has 0 unspecified atom stereocenters. The van der Waals surface area contributed by atoms with Gasteiger partial charge in [0.05, 0.1) is 6.04 Å². The van der Waals surface area contributed by atoms with Crippen LogP contribution in [0.1, 0.15) is 38.9 Å². The smallest absolute Gasteiger partial charge is 0.279 e. The van der Waals surface area contributed by atoms with Gasteiger partial charge in [-0.05, 0) is 43.7 Å². The van der Waals surface area contributed by atoms with Crippen molar-refractivity contribution >= 4 is 11.6 Å². The van der Waals surface area contributed by atoms with Crippen molar-refractivity contribution in [3.63, 3.8) is 0 Å². The van der Waals surface area contributed by atoms with Gasteiger partial charge in [0.15, 0.2) is 5.69 Å². The van der Waals surface area contributed by atoms with Crippen LogP contribution in [0.15, 0.2) is 48.5 Å². The van der Waals surface area contributed by atoms with Gasteiger partial charge in [-0.3, -0.25) is 14.8 Å². The number of nitrogens with zero attached hydrogens (tertiary/aromatic N) is 2. The maximum atomic E-state index is 13.8. The minimum absolute atomic E-state index is 0.174. The molecule has 5 heteroatoms. The van der Waals surface area contributed by atoms with Gasteiger partial charge in [0.2, 0.25) is 0 Å². The molecule has 0 bridgehead atoms. The normalized spacial score (nSPS) is 16.5. The number of nitrogens with one attached hydrogen (secondary N) is 1. The molecule has 3 aromatic rings. The molecule has 2 heterocycles. The van der Waals surface area contributed by atoms with E-state index >= 15 is 0 Å².